The van der Waals surface area contributed by atoms with Crippen LogP contribution in [0, 0.1) is 0 Å². The Labute approximate surface area is 86.7 Å². The molecule has 0 radical (unpaired) electrons. The summed E-state index contributed by atoms with van der Waals surface area (Å²) in [5.74, 6) is 5.57. The Kier molecular flexibility index (Phi) is 4.32. The molecule has 3 N–H and O–H groups in total. The summed E-state index contributed by atoms with van der Waals surface area (Å²) >= 11 is 11.7. The molecule has 0 saturated heterocycles. The number of nitrogens with one attached hydrogen (secondary N) is 1. The van der Waals surface area contributed by atoms with Crippen molar-refractivity contribution in [1.29, 1.82) is 0 Å². The minimum absolute atomic E-state index is 0.431. The van der Waals surface area contributed by atoms with Gasteiger partial charge in [0.05, 0.1) is 10.0 Å². The van der Waals surface area contributed by atoms with Crippen LogP contribution in [0.25, 0.3) is 0 Å². The van der Waals surface area contributed by atoms with Gasteiger partial charge in [0.2, 0.25) is 0 Å². The average molecular weight is 221 g/mol. The lowest BCUT2D eigenvalue weighted by atomic mass is 10.3. The van der Waals surface area contributed by atoms with E-state index in [9.17, 15) is 0 Å². The van der Waals surface area contributed by atoms with Gasteiger partial charge in [-0.2, -0.15) is 0 Å². The van der Waals surface area contributed by atoms with Gasteiger partial charge in [0, 0.05) is 6.54 Å². The van der Waals surface area contributed by atoms with E-state index in [4.69, 9.17) is 33.8 Å². The van der Waals surface area contributed by atoms with Crippen molar-refractivity contribution in [2.75, 3.05) is 13.2 Å². The number of rotatable bonds is 4. The molecule has 1 aromatic carbocycles. The number of benzene rings is 1. The predicted molar refractivity (Wildman–Crippen MR) is 54.1 cm³/mol. The lowest BCUT2D eigenvalue weighted by Gasteiger charge is -2.08. The van der Waals surface area contributed by atoms with Gasteiger partial charge >= 0.3 is 0 Å². The van der Waals surface area contributed by atoms with E-state index in [1.807, 2.05) is 0 Å². The monoisotopic (exact) mass is 220 g/mol. The van der Waals surface area contributed by atoms with Crippen molar-refractivity contribution >= 4 is 23.2 Å². The van der Waals surface area contributed by atoms with Crippen LogP contribution in [-0.4, -0.2) is 13.2 Å². The first-order chi connectivity index (χ1) is 6.25. The molecular formula is C8H10Cl2N2O. The largest absolute Gasteiger partial charge is 0.489 e. The minimum Gasteiger partial charge on any atom is -0.489 e. The van der Waals surface area contributed by atoms with Crippen LogP contribution in [-0.2, 0) is 0 Å². The third-order valence-electron chi connectivity index (χ3n) is 1.41. The van der Waals surface area contributed by atoms with E-state index in [1.165, 1.54) is 0 Å². The number of hydrogen-bond acceptors (Lipinski definition) is 3. The molecule has 0 aliphatic carbocycles. The quantitative estimate of drug-likeness (QED) is 0.463. The Bertz CT molecular complexity index is 261. The normalized spacial score (nSPS) is 10.1. The van der Waals surface area contributed by atoms with Crippen LogP contribution >= 0.6 is 23.2 Å². The van der Waals surface area contributed by atoms with E-state index >= 15 is 0 Å². The summed E-state index contributed by atoms with van der Waals surface area (Å²) in [6.07, 6.45) is 0. The second kappa shape index (κ2) is 5.29. The number of hydrazine groups is 1. The Morgan fingerprint density at radius 3 is 2.46 bits per heavy atom. The molecule has 0 aromatic heterocycles. The van der Waals surface area contributed by atoms with E-state index in [0.29, 0.717) is 28.9 Å². The van der Waals surface area contributed by atoms with E-state index in [-0.39, 0.29) is 0 Å². The Morgan fingerprint density at radius 1 is 1.31 bits per heavy atom. The van der Waals surface area contributed by atoms with Crippen LogP contribution < -0.4 is 16.0 Å². The lowest BCUT2D eigenvalue weighted by molar-refractivity contribution is 0.315. The fraction of sp³-hybridized carbons (Fsp3) is 0.250. The number of halogens is 2. The zero-order chi connectivity index (χ0) is 9.68. The first-order valence-electron chi connectivity index (χ1n) is 3.76. The molecule has 0 saturated carbocycles. The summed E-state index contributed by atoms with van der Waals surface area (Å²) in [5.41, 5.74) is 2.47. The summed E-state index contributed by atoms with van der Waals surface area (Å²) in [7, 11) is 0. The molecule has 1 rings (SSSR count). The Balaban J connectivity index is 2.64. The molecule has 5 heteroatoms. The maximum Gasteiger partial charge on any atom is 0.156 e. The second-order valence-electron chi connectivity index (χ2n) is 2.35. The third kappa shape index (κ3) is 3.04. The van der Waals surface area contributed by atoms with E-state index < -0.39 is 0 Å². The fourth-order valence-electron chi connectivity index (χ4n) is 0.832. The molecular weight excluding hydrogens is 211 g/mol. The molecule has 3 nitrogen and oxygen atoms in total. The molecule has 0 bridgehead atoms. The molecule has 0 spiro atoms. The maximum absolute atomic E-state index is 5.85. The molecule has 0 aliphatic rings. The summed E-state index contributed by atoms with van der Waals surface area (Å²) < 4.78 is 5.30. The van der Waals surface area contributed by atoms with Crippen molar-refractivity contribution in [3.63, 3.8) is 0 Å². The predicted octanol–water partition coefficient (Wildman–Crippen LogP) is 1.84. The highest BCUT2D eigenvalue weighted by molar-refractivity contribution is 6.37. The minimum atomic E-state index is 0.431. The molecule has 1 aromatic rings. The van der Waals surface area contributed by atoms with E-state index in [2.05, 4.69) is 5.43 Å². The first-order valence-corrected chi connectivity index (χ1v) is 4.51. The van der Waals surface area contributed by atoms with Gasteiger partial charge in [-0.15, -0.1) is 0 Å². The van der Waals surface area contributed by atoms with Crippen LogP contribution in [0.15, 0.2) is 18.2 Å². The average Bonchev–Trinajstić information content (AvgIpc) is 2.10. The highest BCUT2D eigenvalue weighted by Crippen LogP contribution is 2.31. The lowest BCUT2D eigenvalue weighted by Crippen LogP contribution is -2.27. The smallest absolute Gasteiger partial charge is 0.156 e. The van der Waals surface area contributed by atoms with Crippen molar-refractivity contribution in [3.8, 4) is 5.75 Å². The Morgan fingerprint density at radius 2 is 1.92 bits per heavy atom. The second-order valence-corrected chi connectivity index (χ2v) is 3.17. The number of nitrogens with two attached hydrogens (primary N) is 1. The van der Waals surface area contributed by atoms with Crippen molar-refractivity contribution < 1.29 is 4.74 Å². The SMILES string of the molecule is NNCCOc1c(Cl)cccc1Cl. The van der Waals surface area contributed by atoms with Crippen molar-refractivity contribution in [3.05, 3.63) is 28.2 Å². The number of ether oxygens (including phenoxy) is 1. The van der Waals surface area contributed by atoms with Crippen LogP contribution in [0.3, 0.4) is 0 Å². The molecule has 0 amide bonds. The van der Waals surface area contributed by atoms with Gasteiger partial charge in [-0.3, -0.25) is 11.3 Å². The zero-order valence-corrected chi connectivity index (χ0v) is 8.40. The molecule has 0 atom stereocenters. The highest BCUT2D eigenvalue weighted by atomic mass is 35.5. The Hall–Kier alpha value is -0.480. The molecule has 0 heterocycles. The summed E-state index contributed by atoms with van der Waals surface area (Å²) in [4.78, 5) is 0. The van der Waals surface area contributed by atoms with Crippen LogP contribution in [0.5, 0.6) is 5.75 Å². The maximum atomic E-state index is 5.85. The first kappa shape index (κ1) is 10.6. The van der Waals surface area contributed by atoms with Crippen molar-refractivity contribution in [2.45, 2.75) is 0 Å². The van der Waals surface area contributed by atoms with Gasteiger partial charge in [-0.05, 0) is 12.1 Å². The van der Waals surface area contributed by atoms with Gasteiger partial charge in [0.25, 0.3) is 0 Å². The number of para-hydroxylation sites is 1. The van der Waals surface area contributed by atoms with Gasteiger partial charge in [0.15, 0.2) is 5.75 Å². The topological polar surface area (TPSA) is 47.3 Å². The van der Waals surface area contributed by atoms with Gasteiger partial charge in [-0.25, -0.2) is 0 Å². The zero-order valence-electron chi connectivity index (χ0n) is 6.89. The van der Waals surface area contributed by atoms with Crippen LogP contribution in [0.1, 0.15) is 0 Å². The standard InChI is InChI=1S/C8H10Cl2N2O/c9-6-2-1-3-7(10)8(6)13-5-4-12-11/h1-3,12H,4-5,11H2. The summed E-state index contributed by atoms with van der Waals surface area (Å²) in [6, 6.07) is 5.20. The fourth-order valence-corrected chi connectivity index (χ4v) is 1.34. The molecule has 13 heavy (non-hydrogen) atoms. The molecule has 0 unspecified atom stereocenters. The summed E-state index contributed by atoms with van der Waals surface area (Å²) in [6.45, 7) is 0.974. The van der Waals surface area contributed by atoms with Gasteiger partial charge < -0.3 is 4.74 Å². The van der Waals surface area contributed by atoms with Gasteiger partial charge in [-0.1, -0.05) is 29.3 Å². The third-order valence-corrected chi connectivity index (χ3v) is 2.01. The molecule has 0 aliphatic heterocycles. The van der Waals surface area contributed by atoms with Crippen LogP contribution in [0.4, 0.5) is 0 Å². The van der Waals surface area contributed by atoms with Crippen molar-refractivity contribution in [2.24, 2.45) is 5.84 Å². The van der Waals surface area contributed by atoms with Gasteiger partial charge in [0.1, 0.15) is 6.61 Å². The highest BCUT2D eigenvalue weighted by Gasteiger charge is 2.05. The van der Waals surface area contributed by atoms with E-state index in [1.54, 1.807) is 18.2 Å². The van der Waals surface area contributed by atoms with Crippen molar-refractivity contribution in [1.82, 2.24) is 5.43 Å². The van der Waals surface area contributed by atoms with Crippen LogP contribution in [0.2, 0.25) is 10.0 Å². The van der Waals surface area contributed by atoms with E-state index in [0.717, 1.165) is 0 Å². The molecule has 72 valence electrons. The number of hydrogen-bond donors (Lipinski definition) is 2. The summed E-state index contributed by atoms with van der Waals surface area (Å²) in [5, 5.41) is 1.01. The molecule has 0 fully saturated rings.